The second-order valence-corrected chi connectivity index (χ2v) is 7.96. The van der Waals surface area contributed by atoms with E-state index in [1.807, 2.05) is 30.4 Å². The molecule has 7 heteroatoms. The Balaban J connectivity index is 1.57. The molecule has 7 nitrogen and oxygen atoms in total. The van der Waals surface area contributed by atoms with Crippen LogP contribution in [0.3, 0.4) is 0 Å². The fourth-order valence-corrected chi connectivity index (χ4v) is 6.02. The molecule has 6 rings (SSSR count). The lowest BCUT2D eigenvalue weighted by molar-refractivity contribution is -0.146. The number of methoxy groups -OCH3 is 1. The normalized spacial score (nSPS) is 42.7. The smallest absolute Gasteiger partial charge is 0.310 e. The Labute approximate surface area is 155 Å². The van der Waals surface area contributed by atoms with Crippen molar-refractivity contribution in [2.45, 2.75) is 30.3 Å². The second kappa shape index (κ2) is 4.91. The zero-order chi connectivity index (χ0) is 18.5. The first-order valence-corrected chi connectivity index (χ1v) is 9.29. The maximum atomic E-state index is 13.5. The van der Waals surface area contributed by atoms with E-state index in [0.29, 0.717) is 12.4 Å². The van der Waals surface area contributed by atoms with Gasteiger partial charge in [0.05, 0.1) is 37.0 Å². The average molecular weight is 369 g/mol. The van der Waals surface area contributed by atoms with Gasteiger partial charge in [0.15, 0.2) is 0 Å². The first-order valence-electron chi connectivity index (χ1n) is 9.29. The summed E-state index contributed by atoms with van der Waals surface area (Å²) >= 11 is 0. The van der Waals surface area contributed by atoms with Crippen molar-refractivity contribution in [3.8, 4) is 5.75 Å². The van der Waals surface area contributed by atoms with Gasteiger partial charge in [0.2, 0.25) is 5.91 Å². The van der Waals surface area contributed by atoms with E-state index in [1.54, 1.807) is 12.0 Å². The molecule has 0 radical (unpaired) electrons. The maximum Gasteiger partial charge on any atom is 0.310 e. The number of fused-ring (bicyclic) bond motifs is 7. The number of benzene rings is 1. The molecule has 3 saturated heterocycles. The summed E-state index contributed by atoms with van der Waals surface area (Å²) in [5.74, 6) is -1.88. The van der Waals surface area contributed by atoms with Gasteiger partial charge in [-0.1, -0.05) is 12.2 Å². The number of rotatable bonds is 2. The summed E-state index contributed by atoms with van der Waals surface area (Å²) in [5, 5.41) is 9.76. The lowest BCUT2D eigenvalue weighted by Crippen LogP contribution is -2.53. The Kier molecular flexibility index (Phi) is 2.85. The van der Waals surface area contributed by atoms with Gasteiger partial charge in [-0.05, 0) is 24.6 Å². The number of carbonyl (C=O) groups excluding carboxylic acids is 1. The molecule has 1 spiro atoms. The van der Waals surface area contributed by atoms with Crippen molar-refractivity contribution in [2.24, 2.45) is 17.8 Å². The highest BCUT2D eigenvalue weighted by Crippen LogP contribution is 2.62. The molecule has 7 atom stereocenters. The molecule has 5 heterocycles. The highest BCUT2D eigenvalue weighted by atomic mass is 16.5. The summed E-state index contributed by atoms with van der Waals surface area (Å²) in [7, 11) is 1.61. The molecule has 0 aliphatic carbocycles. The minimum Gasteiger partial charge on any atom is -0.497 e. The van der Waals surface area contributed by atoms with Gasteiger partial charge in [-0.2, -0.15) is 0 Å². The highest BCUT2D eigenvalue weighted by Gasteiger charge is 2.74. The van der Waals surface area contributed by atoms with Crippen LogP contribution in [0.5, 0.6) is 5.75 Å². The zero-order valence-corrected chi connectivity index (χ0v) is 14.7. The highest BCUT2D eigenvalue weighted by molar-refractivity contribution is 6.04. The van der Waals surface area contributed by atoms with Crippen LogP contribution in [0, 0.1) is 17.8 Å². The Hall–Kier alpha value is -2.38. The predicted molar refractivity (Wildman–Crippen MR) is 92.4 cm³/mol. The minimum atomic E-state index is -0.974. The fraction of sp³-hybridized carbons (Fsp3) is 0.500. The molecule has 3 fully saturated rings. The quantitative estimate of drug-likeness (QED) is 0.796. The van der Waals surface area contributed by atoms with Crippen LogP contribution >= 0.6 is 0 Å². The lowest BCUT2D eigenvalue weighted by Gasteiger charge is -2.44. The molecule has 1 amide bonds. The molecule has 1 aromatic carbocycles. The van der Waals surface area contributed by atoms with Crippen molar-refractivity contribution in [1.29, 1.82) is 0 Å². The van der Waals surface area contributed by atoms with Crippen LogP contribution < -0.4 is 9.64 Å². The number of hydrogen-bond donors (Lipinski definition) is 1. The second-order valence-electron chi connectivity index (χ2n) is 7.96. The minimum absolute atomic E-state index is 0.0644. The summed E-state index contributed by atoms with van der Waals surface area (Å²) < 4.78 is 17.7. The summed E-state index contributed by atoms with van der Waals surface area (Å²) in [5.41, 5.74) is 0.838. The summed E-state index contributed by atoms with van der Waals surface area (Å²) in [4.78, 5) is 27.2. The number of aliphatic carboxylic acids is 1. The van der Waals surface area contributed by atoms with Gasteiger partial charge >= 0.3 is 5.97 Å². The Morgan fingerprint density at radius 3 is 3.04 bits per heavy atom. The molecule has 2 bridgehead atoms. The van der Waals surface area contributed by atoms with Crippen LogP contribution in [0.4, 0.5) is 5.69 Å². The SMILES string of the molecule is COc1ccc2c(c1)C1OCCC1C1N2C(=O)C2C(C(=O)O)[C@@H]3C=C[C@]21O3. The van der Waals surface area contributed by atoms with E-state index in [0.717, 1.165) is 17.7 Å². The lowest BCUT2D eigenvalue weighted by atomic mass is 9.70. The molecule has 1 aromatic rings. The molecule has 0 aromatic heterocycles. The number of anilines is 1. The van der Waals surface area contributed by atoms with Gasteiger partial charge in [0, 0.05) is 18.1 Å². The third-order valence-electron chi connectivity index (χ3n) is 6.96. The van der Waals surface area contributed by atoms with E-state index in [1.165, 1.54) is 0 Å². The molecule has 0 saturated carbocycles. The number of amides is 1. The molecule has 27 heavy (non-hydrogen) atoms. The van der Waals surface area contributed by atoms with Crippen LogP contribution in [0.15, 0.2) is 30.4 Å². The maximum absolute atomic E-state index is 13.5. The Bertz CT molecular complexity index is 912. The van der Waals surface area contributed by atoms with Crippen molar-refractivity contribution in [3.63, 3.8) is 0 Å². The van der Waals surface area contributed by atoms with E-state index in [2.05, 4.69) is 0 Å². The first kappa shape index (κ1) is 15.7. The van der Waals surface area contributed by atoms with Gasteiger partial charge in [-0.3, -0.25) is 9.59 Å². The number of carbonyl (C=O) groups is 2. The number of nitrogens with zero attached hydrogens (tertiary/aromatic N) is 1. The van der Waals surface area contributed by atoms with E-state index < -0.39 is 29.5 Å². The predicted octanol–water partition coefficient (Wildman–Crippen LogP) is 1.53. The van der Waals surface area contributed by atoms with Crippen LogP contribution in [-0.2, 0) is 19.1 Å². The fourth-order valence-electron chi connectivity index (χ4n) is 6.02. The summed E-state index contributed by atoms with van der Waals surface area (Å²) in [6, 6.07) is 5.39. The summed E-state index contributed by atoms with van der Waals surface area (Å²) in [6.07, 6.45) is 3.90. The van der Waals surface area contributed by atoms with Gasteiger partial charge < -0.3 is 24.2 Å². The van der Waals surface area contributed by atoms with E-state index in [4.69, 9.17) is 14.2 Å². The van der Waals surface area contributed by atoms with Crippen LogP contribution in [0.1, 0.15) is 18.1 Å². The molecule has 5 unspecified atom stereocenters. The number of hydrogen-bond acceptors (Lipinski definition) is 5. The topological polar surface area (TPSA) is 85.3 Å². The average Bonchev–Trinajstić information content (AvgIpc) is 3.41. The largest absolute Gasteiger partial charge is 0.497 e. The molecular formula is C20H19NO6. The van der Waals surface area contributed by atoms with E-state index in [-0.39, 0.29) is 24.0 Å². The number of carboxylic acids is 1. The van der Waals surface area contributed by atoms with Gasteiger partial charge in [0.1, 0.15) is 17.3 Å². The molecule has 5 aliphatic rings. The number of carboxylic acid groups (broad SMARTS) is 1. The monoisotopic (exact) mass is 369 g/mol. The molecular weight excluding hydrogens is 350 g/mol. The first-order chi connectivity index (χ1) is 13.1. The van der Waals surface area contributed by atoms with Crippen molar-refractivity contribution in [2.75, 3.05) is 18.6 Å². The van der Waals surface area contributed by atoms with Crippen LogP contribution in [0.2, 0.25) is 0 Å². The standard InChI is InChI=1S/C20H19NO6/c1-25-9-2-3-12-11(8-9)16-10(5-7-26-16)17-20-6-4-13(27-20)14(19(23)24)15(20)18(22)21(12)17/h2-4,6,8,10,13-17H,5,7H2,1H3,(H,23,24)/t10?,13-,14?,15?,16?,17?,20-/m0/s1. The third kappa shape index (κ3) is 1.66. The molecule has 140 valence electrons. The van der Waals surface area contributed by atoms with Gasteiger partial charge in [0.25, 0.3) is 0 Å². The van der Waals surface area contributed by atoms with Crippen LogP contribution in [-0.4, -0.2) is 48.4 Å². The molecule has 1 N–H and O–H groups in total. The number of ether oxygens (including phenoxy) is 3. The van der Waals surface area contributed by atoms with Crippen molar-refractivity contribution >= 4 is 17.6 Å². The zero-order valence-electron chi connectivity index (χ0n) is 14.7. The van der Waals surface area contributed by atoms with E-state index in [9.17, 15) is 14.7 Å². The van der Waals surface area contributed by atoms with Crippen molar-refractivity contribution < 1.29 is 28.9 Å². The third-order valence-corrected chi connectivity index (χ3v) is 6.96. The van der Waals surface area contributed by atoms with Gasteiger partial charge in [-0.15, -0.1) is 0 Å². The van der Waals surface area contributed by atoms with Crippen molar-refractivity contribution in [3.05, 3.63) is 35.9 Å². The van der Waals surface area contributed by atoms with Gasteiger partial charge in [-0.25, -0.2) is 0 Å². The Morgan fingerprint density at radius 2 is 2.26 bits per heavy atom. The van der Waals surface area contributed by atoms with Crippen molar-refractivity contribution in [1.82, 2.24) is 0 Å². The molecule has 5 aliphatic heterocycles. The summed E-state index contributed by atoms with van der Waals surface area (Å²) in [6.45, 7) is 0.612. The Morgan fingerprint density at radius 1 is 1.41 bits per heavy atom. The van der Waals surface area contributed by atoms with E-state index >= 15 is 0 Å². The van der Waals surface area contributed by atoms with Crippen LogP contribution in [0.25, 0.3) is 0 Å².